The molecule has 33 heavy (non-hydrogen) atoms. The van der Waals surface area contributed by atoms with Gasteiger partial charge in [-0.2, -0.15) is 13.2 Å². The van der Waals surface area contributed by atoms with Gasteiger partial charge in [0.05, 0.1) is 11.3 Å². The van der Waals surface area contributed by atoms with E-state index in [0.29, 0.717) is 27.4 Å². The zero-order valence-corrected chi connectivity index (χ0v) is 18.3. The van der Waals surface area contributed by atoms with Crippen LogP contribution in [-0.4, -0.2) is 16.9 Å². The molecule has 0 atom stereocenters. The lowest BCUT2D eigenvalue weighted by molar-refractivity contribution is -0.137. The molecule has 0 bridgehead atoms. The number of nitrogens with zero attached hydrogens (tertiary/aromatic N) is 1. The molecule has 166 valence electrons. The number of anilines is 1. The first-order chi connectivity index (χ1) is 15.6. The number of rotatable bonds is 3. The van der Waals surface area contributed by atoms with Gasteiger partial charge in [-0.3, -0.25) is 19.8 Å². The maximum atomic E-state index is 13.2. The highest BCUT2D eigenvalue weighted by molar-refractivity contribution is 7.80. The van der Waals surface area contributed by atoms with Crippen LogP contribution in [0.15, 0.2) is 78.4 Å². The quantitative estimate of drug-likeness (QED) is 0.287. The molecule has 4 rings (SSSR count). The molecule has 3 aromatic rings. The Balaban J connectivity index is 1.74. The fourth-order valence-corrected chi connectivity index (χ4v) is 3.77. The van der Waals surface area contributed by atoms with Gasteiger partial charge < -0.3 is 0 Å². The van der Waals surface area contributed by atoms with Gasteiger partial charge in [0.1, 0.15) is 5.57 Å². The van der Waals surface area contributed by atoms with Gasteiger partial charge in [-0.05, 0) is 71.4 Å². The molecule has 3 aromatic carbocycles. The third kappa shape index (κ3) is 4.67. The van der Waals surface area contributed by atoms with Gasteiger partial charge >= 0.3 is 6.18 Å². The highest BCUT2D eigenvalue weighted by Crippen LogP contribution is 2.33. The van der Waals surface area contributed by atoms with Crippen molar-refractivity contribution < 1.29 is 22.8 Å². The number of carbonyl (C=O) groups excluding carboxylic acids is 2. The minimum absolute atomic E-state index is 0.0690. The van der Waals surface area contributed by atoms with Crippen molar-refractivity contribution in [1.29, 1.82) is 0 Å². The van der Waals surface area contributed by atoms with Crippen LogP contribution in [0.4, 0.5) is 18.9 Å². The van der Waals surface area contributed by atoms with E-state index in [1.54, 1.807) is 48.5 Å². The number of benzene rings is 3. The number of nitrogens with one attached hydrogen (secondary N) is 1. The molecule has 0 aromatic heterocycles. The van der Waals surface area contributed by atoms with E-state index in [9.17, 15) is 22.8 Å². The van der Waals surface area contributed by atoms with E-state index in [2.05, 4.69) is 5.32 Å². The monoisotopic (exact) mass is 486 g/mol. The first-order valence-electron chi connectivity index (χ1n) is 9.59. The second-order valence-electron chi connectivity index (χ2n) is 7.10. The van der Waals surface area contributed by atoms with Gasteiger partial charge in [0.15, 0.2) is 5.11 Å². The standard InChI is InChI=1S/C24H14ClF3N2O2S/c25-17-9-11-18(12-10-17)30-22(32)20(21(31)29-23(30)33)13-15-3-1-2-4-19(15)14-5-7-16(8-6-14)24(26,27)28/h1-13H,(H,29,31,33). The second kappa shape index (κ2) is 8.80. The summed E-state index contributed by atoms with van der Waals surface area (Å²) in [6.07, 6.45) is -3.05. The third-order valence-electron chi connectivity index (χ3n) is 4.97. The minimum Gasteiger partial charge on any atom is -0.298 e. The van der Waals surface area contributed by atoms with Crippen LogP contribution in [0.1, 0.15) is 11.1 Å². The Morgan fingerprint density at radius 1 is 0.909 bits per heavy atom. The first-order valence-corrected chi connectivity index (χ1v) is 10.4. The summed E-state index contributed by atoms with van der Waals surface area (Å²) >= 11 is 11.1. The number of carbonyl (C=O) groups is 2. The average Bonchev–Trinajstić information content (AvgIpc) is 2.77. The predicted molar refractivity (Wildman–Crippen MR) is 125 cm³/mol. The van der Waals surface area contributed by atoms with Crippen molar-refractivity contribution >= 4 is 52.5 Å². The molecule has 1 aliphatic rings. The summed E-state index contributed by atoms with van der Waals surface area (Å²) in [6, 6.07) is 17.8. The van der Waals surface area contributed by atoms with Crippen LogP contribution in [0.25, 0.3) is 17.2 Å². The van der Waals surface area contributed by atoms with Crippen LogP contribution in [-0.2, 0) is 15.8 Å². The normalized spacial score (nSPS) is 15.7. The summed E-state index contributed by atoms with van der Waals surface area (Å²) in [5.41, 5.74) is 1.04. The van der Waals surface area contributed by atoms with Crippen molar-refractivity contribution in [2.75, 3.05) is 4.90 Å². The lowest BCUT2D eigenvalue weighted by Gasteiger charge is -2.29. The Morgan fingerprint density at radius 2 is 1.55 bits per heavy atom. The van der Waals surface area contributed by atoms with Crippen molar-refractivity contribution in [3.05, 3.63) is 94.5 Å². The summed E-state index contributed by atoms with van der Waals surface area (Å²) in [7, 11) is 0. The van der Waals surface area contributed by atoms with E-state index in [-0.39, 0.29) is 10.7 Å². The number of amides is 2. The highest BCUT2D eigenvalue weighted by Gasteiger charge is 2.34. The highest BCUT2D eigenvalue weighted by atomic mass is 35.5. The zero-order valence-electron chi connectivity index (χ0n) is 16.7. The van der Waals surface area contributed by atoms with E-state index in [4.69, 9.17) is 23.8 Å². The SMILES string of the molecule is O=C1NC(=S)N(c2ccc(Cl)cc2)C(=O)C1=Cc1ccccc1-c1ccc(C(F)(F)F)cc1. The molecule has 0 spiro atoms. The van der Waals surface area contributed by atoms with Gasteiger partial charge in [-0.25, -0.2) is 0 Å². The van der Waals surface area contributed by atoms with Crippen LogP contribution in [0, 0.1) is 0 Å². The fourth-order valence-electron chi connectivity index (χ4n) is 3.36. The van der Waals surface area contributed by atoms with Crippen molar-refractivity contribution in [1.82, 2.24) is 5.32 Å². The van der Waals surface area contributed by atoms with Crippen LogP contribution >= 0.6 is 23.8 Å². The minimum atomic E-state index is -4.45. The van der Waals surface area contributed by atoms with Crippen LogP contribution in [0.5, 0.6) is 0 Å². The van der Waals surface area contributed by atoms with E-state index < -0.39 is 23.6 Å². The number of halogens is 4. The average molecular weight is 487 g/mol. The van der Waals surface area contributed by atoms with Gasteiger partial charge in [0.2, 0.25) is 0 Å². The molecule has 2 amide bonds. The summed E-state index contributed by atoms with van der Waals surface area (Å²) in [4.78, 5) is 27.0. The third-order valence-corrected chi connectivity index (χ3v) is 5.51. The Labute approximate surface area is 197 Å². The molecular formula is C24H14ClF3N2O2S. The molecule has 0 radical (unpaired) electrons. The summed E-state index contributed by atoms with van der Waals surface area (Å²) in [5.74, 6) is -1.30. The molecule has 1 aliphatic heterocycles. The van der Waals surface area contributed by atoms with Crippen LogP contribution in [0.2, 0.25) is 5.02 Å². The molecule has 1 heterocycles. The number of alkyl halides is 3. The van der Waals surface area contributed by atoms with Crippen LogP contribution in [0.3, 0.4) is 0 Å². The number of thiocarbonyl (C=S) groups is 1. The predicted octanol–water partition coefficient (Wildman–Crippen LogP) is 5.86. The topological polar surface area (TPSA) is 49.4 Å². The Morgan fingerprint density at radius 3 is 2.18 bits per heavy atom. The molecule has 9 heteroatoms. The summed E-state index contributed by atoms with van der Waals surface area (Å²) < 4.78 is 38.7. The fraction of sp³-hybridized carbons (Fsp3) is 0.0417. The largest absolute Gasteiger partial charge is 0.416 e. The van der Waals surface area contributed by atoms with Crippen molar-refractivity contribution in [2.45, 2.75) is 6.18 Å². The van der Waals surface area contributed by atoms with E-state index >= 15 is 0 Å². The first kappa shape index (κ1) is 22.7. The molecular weight excluding hydrogens is 473 g/mol. The molecule has 0 unspecified atom stereocenters. The molecule has 4 nitrogen and oxygen atoms in total. The van der Waals surface area contributed by atoms with E-state index in [1.807, 2.05) is 0 Å². The number of hydrogen-bond donors (Lipinski definition) is 1. The smallest absolute Gasteiger partial charge is 0.298 e. The Hall–Kier alpha value is -3.49. The molecule has 1 N–H and O–H groups in total. The molecule has 0 aliphatic carbocycles. The lowest BCUT2D eigenvalue weighted by atomic mass is 9.96. The van der Waals surface area contributed by atoms with Gasteiger partial charge in [0, 0.05) is 5.02 Å². The van der Waals surface area contributed by atoms with E-state index in [1.165, 1.54) is 23.1 Å². The molecule has 1 fully saturated rings. The maximum Gasteiger partial charge on any atom is 0.416 e. The van der Waals surface area contributed by atoms with Gasteiger partial charge in [0.25, 0.3) is 11.8 Å². The van der Waals surface area contributed by atoms with E-state index in [0.717, 1.165) is 12.1 Å². The lowest BCUT2D eigenvalue weighted by Crippen LogP contribution is -2.54. The summed E-state index contributed by atoms with van der Waals surface area (Å²) in [6.45, 7) is 0. The van der Waals surface area contributed by atoms with Crippen molar-refractivity contribution in [3.63, 3.8) is 0 Å². The second-order valence-corrected chi connectivity index (χ2v) is 7.92. The molecule has 0 saturated carbocycles. The van der Waals surface area contributed by atoms with Gasteiger partial charge in [-0.1, -0.05) is 48.0 Å². The van der Waals surface area contributed by atoms with Crippen LogP contribution < -0.4 is 10.2 Å². The zero-order chi connectivity index (χ0) is 23.8. The van der Waals surface area contributed by atoms with Gasteiger partial charge in [-0.15, -0.1) is 0 Å². The van der Waals surface area contributed by atoms with Crippen molar-refractivity contribution in [3.8, 4) is 11.1 Å². The summed E-state index contributed by atoms with van der Waals surface area (Å²) in [5, 5.41) is 2.90. The van der Waals surface area contributed by atoms with Crippen molar-refractivity contribution in [2.24, 2.45) is 0 Å². The Bertz CT molecular complexity index is 1290. The molecule has 1 saturated heterocycles. The maximum absolute atomic E-state index is 13.2. The number of hydrogen-bond acceptors (Lipinski definition) is 3. The Kier molecular flexibility index (Phi) is 6.05.